The van der Waals surface area contributed by atoms with Crippen molar-refractivity contribution in [3.8, 4) is 0 Å². The zero-order chi connectivity index (χ0) is 14.6. The first-order chi connectivity index (χ1) is 9.40. The third-order valence-corrected chi connectivity index (χ3v) is 5.00. The van der Waals surface area contributed by atoms with Crippen molar-refractivity contribution in [3.05, 3.63) is 0 Å². The molecule has 1 amide bonds. The second-order valence-corrected chi connectivity index (χ2v) is 7.46. The third kappa shape index (κ3) is 4.45. The number of rotatable bonds is 3. The lowest BCUT2D eigenvalue weighted by molar-refractivity contribution is -0.125. The fourth-order valence-electron chi connectivity index (χ4n) is 3.20. The molecule has 0 aromatic rings. The lowest BCUT2D eigenvalue weighted by atomic mass is 9.71. The van der Waals surface area contributed by atoms with E-state index in [0.717, 1.165) is 51.5 Å². The Bertz CT molecular complexity index is 323. The molecule has 0 aromatic carbocycles. The first-order valence-electron chi connectivity index (χ1n) is 8.14. The van der Waals surface area contributed by atoms with Crippen LogP contribution in [0.25, 0.3) is 0 Å². The van der Waals surface area contributed by atoms with Crippen LogP contribution in [0.15, 0.2) is 0 Å². The summed E-state index contributed by atoms with van der Waals surface area (Å²) >= 11 is 0. The van der Waals surface area contributed by atoms with Crippen molar-refractivity contribution in [2.24, 2.45) is 5.41 Å². The van der Waals surface area contributed by atoms with Crippen LogP contribution in [0.1, 0.15) is 65.2 Å². The Labute approximate surface area is 122 Å². The number of hydrogen-bond acceptors (Lipinski definition) is 3. The van der Waals surface area contributed by atoms with Crippen molar-refractivity contribution in [1.29, 1.82) is 0 Å². The lowest BCUT2D eigenvalue weighted by Crippen LogP contribution is -2.51. The molecule has 1 unspecified atom stereocenters. The summed E-state index contributed by atoms with van der Waals surface area (Å²) in [7, 11) is 0. The van der Waals surface area contributed by atoms with Crippen molar-refractivity contribution < 1.29 is 9.90 Å². The smallest absolute Gasteiger partial charge is 0.237 e. The number of carbonyl (C=O) groups excluding carboxylic acids is 1. The molecule has 1 saturated carbocycles. The summed E-state index contributed by atoms with van der Waals surface area (Å²) in [4.78, 5) is 12.2. The molecule has 1 aliphatic carbocycles. The molecule has 2 aliphatic rings. The maximum atomic E-state index is 12.2. The van der Waals surface area contributed by atoms with E-state index in [1.807, 2.05) is 0 Å². The highest BCUT2D eigenvalue weighted by atomic mass is 16.3. The molecule has 1 saturated heterocycles. The van der Waals surface area contributed by atoms with E-state index in [9.17, 15) is 9.90 Å². The van der Waals surface area contributed by atoms with Gasteiger partial charge in [-0.15, -0.1) is 0 Å². The highest BCUT2D eigenvalue weighted by Crippen LogP contribution is 2.39. The van der Waals surface area contributed by atoms with Crippen LogP contribution in [0.2, 0.25) is 0 Å². The SMILES string of the molecule is CC1(C)CCC(O)(CNC(=O)C2CCCCCN2)CC1. The molecule has 116 valence electrons. The molecule has 0 radical (unpaired) electrons. The molecule has 0 aromatic heterocycles. The molecule has 0 spiro atoms. The van der Waals surface area contributed by atoms with Gasteiger partial charge in [0.2, 0.25) is 5.91 Å². The van der Waals surface area contributed by atoms with E-state index in [-0.39, 0.29) is 11.9 Å². The van der Waals surface area contributed by atoms with Gasteiger partial charge in [-0.2, -0.15) is 0 Å². The zero-order valence-corrected chi connectivity index (χ0v) is 13.0. The minimum Gasteiger partial charge on any atom is -0.388 e. The Balaban J connectivity index is 1.77. The minimum atomic E-state index is -0.699. The highest BCUT2D eigenvalue weighted by molar-refractivity contribution is 5.81. The molecular formula is C16H30N2O2. The number of hydrogen-bond donors (Lipinski definition) is 3. The lowest BCUT2D eigenvalue weighted by Gasteiger charge is -2.40. The van der Waals surface area contributed by atoms with Gasteiger partial charge in [-0.25, -0.2) is 0 Å². The van der Waals surface area contributed by atoms with Crippen LogP contribution in [0, 0.1) is 5.41 Å². The van der Waals surface area contributed by atoms with Crippen molar-refractivity contribution in [1.82, 2.24) is 10.6 Å². The van der Waals surface area contributed by atoms with E-state index in [4.69, 9.17) is 0 Å². The van der Waals surface area contributed by atoms with Crippen LogP contribution in [-0.2, 0) is 4.79 Å². The Morgan fingerprint density at radius 3 is 2.60 bits per heavy atom. The largest absolute Gasteiger partial charge is 0.388 e. The van der Waals surface area contributed by atoms with Crippen LogP contribution in [0.5, 0.6) is 0 Å². The fourth-order valence-corrected chi connectivity index (χ4v) is 3.20. The first-order valence-corrected chi connectivity index (χ1v) is 8.14. The van der Waals surface area contributed by atoms with E-state index >= 15 is 0 Å². The van der Waals surface area contributed by atoms with Gasteiger partial charge in [0.25, 0.3) is 0 Å². The average molecular weight is 282 g/mol. The monoisotopic (exact) mass is 282 g/mol. The second kappa shape index (κ2) is 6.44. The van der Waals surface area contributed by atoms with Crippen molar-refractivity contribution in [2.75, 3.05) is 13.1 Å². The summed E-state index contributed by atoms with van der Waals surface area (Å²) in [5.41, 5.74) is -0.366. The van der Waals surface area contributed by atoms with Crippen LogP contribution >= 0.6 is 0 Å². The highest BCUT2D eigenvalue weighted by Gasteiger charge is 2.37. The molecular weight excluding hydrogens is 252 g/mol. The van der Waals surface area contributed by atoms with Gasteiger partial charge in [0.1, 0.15) is 0 Å². The van der Waals surface area contributed by atoms with Gasteiger partial charge in [-0.1, -0.05) is 26.7 Å². The Kier molecular flexibility index (Phi) is 5.08. The van der Waals surface area contributed by atoms with Gasteiger partial charge < -0.3 is 15.7 Å². The van der Waals surface area contributed by atoms with E-state index in [0.29, 0.717) is 12.0 Å². The fraction of sp³-hybridized carbons (Fsp3) is 0.938. The predicted molar refractivity (Wildman–Crippen MR) is 80.5 cm³/mol. The second-order valence-electron chi connectivity index (χ2n) is 7.46. The number of carbonyl (C=O) groups is 1. The standard InChI is InChI=1S/C16H30N2O2/c1-15(2)7-9-16(20,10-8-15)12-18-14(19)13-6-4-3-5-11-17-13/h13,17,20H,3-12H2,1-2H3,(H,18,19). The molecule has 1 heterocycles. The first kappa shape index (κ1) is 15.8. The number of amides is 1. The quantitative estimate of drug-likeness (QED) is 0.741. The number of aliphatic hydroxyl groups is 1. The topological polar surface area (TPSA) is 61.4 Å². The molecule has 20 heavy (non-hydrogen) atoms. The summed E-state index contributed by atoms with van der Waals surface area (Å²) < 4.78 is 0. The third-order valence-electron chi connectivity index (χ3n) is 5.00. The molecule has 1 atom stereocenters. The molecule has 0 bridgehead atoms. The van der Waals surface area contributed by atoms with Gasteiger partial charge in [-0.3, -0.25) is 4.79 Å². The summed E-state index contributed by atoms with van der Waals surface area (Å²) in [6.45, 7) is 5.83. The average Bonchev–Trinajstić information content (AvgIpc) is 2.69. The summed E-state index contributed by atoms with van der Waals surface area (Å²) in [5, 5.41) is 16.8. The summed E-state index contributed by atoms with van der Waals surface area (Å²) in [5.74, 6) is 0.0603. The van der Waals surface area contributed by atoms with Gasteiger partial charge in [0, 0.05) is 6.54 Å². The van der Waals surface area contributed by atoms with Gasteiger partial charge in [0.15, 0.2) is 0 Å². The van der Waals surface area contributed by atoms with E-state index in [1.165, 1.54) is 6.42 Å². The van der Waals surface area contributed by atoms with Gasteiger partial charge >= 0.3 is 0 Å². The zero-order valence-electron chi connectivity index (χ0n) is 13.0. The number of nitrogens with one attached hydrogen (secondary N) is 2. The molecule has 4 heteroatoms. The molecule has 2 rings (SSSR count). The van der Waals surface area contributed by atoms with Crippen LogP contribution < -0.4 is 10.6 Å². The maximum Gasteiger partial charge on any atom is 0.237 e. The van der Waals surface area contributed by atoms with Crippen molar-refractivity contribution >= 4 is 5.91 Å². The van der Waals surface area contributed by atoms with Crippen molar-refractivity contribution in [3.63, 3.8) is 0 Å². The Hall–Kier alpha value is -0.610. The minimum absolute atomic E-state index is 0.0603. The van der Waals surface area contributed by atoms with E-state index in [1.54, 1.807) is 0 Å². The van der Waals surface area contributed by atoms with E-state index in [2.05, 4.69) is 24.5 Å². The van der Waals surface area contributed by atoms with E-state index < -0.39 is 5.60 Å². The Morgan fingerprint density at radius 1 is 1.20 bits per heavy atom. The van der Waals surface area contributed by atoms with Crippen LogP contribution in [-0.4, -0.2) is 35.7 Å². The molecule has 2 fully saturated rings. The maximum absolute atomic E-state index is 12.2. The van der Waals surface area contributed by atoms with Gasteiger partial charge in [-0.05, 0) is 50.5 Å². The van der Waals surface area contributed by atoms with Crippen LogP contribution in [0.4, 0.5) is 0 Å². The molecule has 4 nitrogen and oxygen atoms in total. The predicted octanol–water partition coefficient (Wildman–Crippen LogP) is 1.97. The molecule has 3 N–H and O–H groups in total. The van der Waals surface area contributed by atoms with Crippen LogP contribution in [0.3, 0.4) is 0 Å². The van der Waals surface area contributed by atoms with Gasteiger partial charge in [0.05, 0.1) is 11.6 Å². The normalized spacial score (nSPS) is 29.4. The van der Waals surface area contributed by atoms with Crippen molar-refractivity contribution in [2.45, 2.75) is 76.9 Å². The summed E-state index contributed by atoms with van der Waals surface area (Å²) in [6.07, 6.45) is 8.03. The molecule has 1 aliphatic heterocycles. The Morgan fingerprint density at radius 2 is 1.90 bits per heavy atom. The summed E-state index contributed by atoms with van der Waals surface area (Å²) in [6, 6.07) is -0.0684.